The molecule has 0 spiro atoms. The van der Waals surface area contributed by atoms with Crippen molar-refractivity contribution in [1.82, 2.24) is 0 Å². The van der Waals surface area contributed by atoms with Crippen molar-refractivity contribution in [3.05, 3.63) is 42.5 Å². The van der Waals surface area contributed by atoms with Gasteiger partial charge < -0.3 is 5.32 Å². The topological polar surface area (TPSA) is 12.0 Å². The summed E-state index contributed by atoms with van der Waals surface area (Å²) < 4.78 is 36.7. The van der Waals surface area contributed by atoms with E-state index in [1.165, 1.54) is 12.1 Å². The van der Waals surface area contributed by atoms with Crippen molar-refractivity contribution in [2.24, 2.45) is 0 Å². The second kappa shape index (κ2) is 5.58. The van der Waals surface area contributed by atoms with E-state index < -0.39 is 11.7 Å². The average molecular weight is 229 g/mol. The first kappa shape index (κ1) is 12.6. The number of anilines is 1. The first-order valence-corrected chi connectivity index (χ1v) is 5.06. The lowest BCUT2D eigenvalue weighted by molar-refractivity contribution is -0.137. The van der Waals surface area contributed by atoms with Crippen LogP contribution in [-0.4, -0.2) is 6.54 Å². The summed E-state index contributed by atoms with van der Waals surface area (Å²) in [7, 11) is 0. The van der Waals surface area contributed by atoms with Crippen LogP contribution in [0.2, 0.25) is 0 Å². The van der Waals surface area contributed by atoms with Crippen molar-refractivity contribution in [3.8, 4) is 0 Å². The van der Waals surface area contributed by atoms with Crippen LogP contribution in [-0.2, 0) is 6.18 Å². The van der Waals surface area contributed by atoms with Gasteiger partial charge in [0.05, 0.1) is 5.56 Å². The summed E-state index contributed by atoms with van der Waals surface area (Å²) in [4.78, 5) is 0. The van der Waals surface area contributed by atoms with Crippen LogP contribution in [0.15, 0.2) is 36.9 Å². The molecule has 1 nitrogen and oxygen atoms in total. The van der Waals surface area contributed by atoms with Gasteiger partial charge >= 0.3 is 6.18 Å². The van der Waals surface area contributed by atoms with Crippen LogP contribution in [0.4, 0.5) is 18.9 Å². The maximum atomic E-state index is 12.2. The molecule has 4 heteroatoms. The third-order valence-electron chi connectivity index (χ3n) is 2.13. The van der Waals surface area contributed by atoms with Crippen LogP contribution >= 0.6 is 0 Å². The molecule has 0 atom stereocenters. The number of unbranched alkanes of at least 4 members (excludes halogenated alkanes) is 1. The normalized spacial score (nSPS) is 11.2. The highest BCUT2D eigenvalue weighted by Gasteiger charge is 2.29. The number of rotatable bonds is 5. The van der Waals surface area contributed by atoms with E-state index in [0.29, 0.717) is 5.69 Å². The third-order valence-corrected chi connectivity index (χ3v) is 2.13. The molecular formula is C12H14F3N. The summed E-state index contributed by atoms with van der Waals surface area (Å²) in [6.07, 6.45) is -0.631. The molecular weight excluding hydrogens is 215 g/mol. The molecule has 0 saturated carbocycles. The molecule has 0 aliphatic rings. The van der Waals surface area contributed by atoms with E-state index in [2.05, 4.69) is 11.9 Å². The van der Waals surface area contributed by atoms with Gasteiger partial charge in [-0.1, -0.05) is 6.08 Å². The molecule has 1 N–H and O–H groups in total. The number of allylic oxidation sites excluding steroid dienone is 1. The Kier molecular flexibility index (Phi) is 4.40. The van der Waals surface area contributed by atoms with Crippen molar-refractivity contribution in [3.63, 3.8) is 0 Å². The predicted octanol–water partition coefficient (Wildman–Crippen LogP) is 4.08. The Morgan fingerprint density at radius 1 is 1.19 bits per heavy atom. The van der Waals surface area contributed by atoms with E-state index in [9.17, 15) is 13.2 Å². The van der Waals surface area contributed by atoms with Gasteiger partial charge in [0.2, 0.25) is 0 Å². The fourth-order valence-electron chi connectivity index (χ4n) is 1.26. The highest BCUT2D eigenvalue weighted by atomic mass is 19.4. The Morgan fingerprint density at radius 3 is 2.31 bits per heavy atom. The number of alkyl halides is 3. The van der Waals surface area contributed by atoms with Crippen molar-refractivity contribution < 1.29 is 13.2 Å². The zero-order valence-electron chi connectivity index (χ0n) is 8.85. The Bertz CT molecular complexity index is 327. The highest BCUT2D eigenvalue weighted by molar-refractivity contribution is 5.45. The lowest BCUT2D eigenvalue weighted by Crippen LogP contribution is -2.05. The molecule has 16 heavy (non-hydrogen) atoms. The Balaban J connectivity index is 2.48. The highest BCUT2D eigenvalue weighted by Crippen LogP contribution is 2.29. The molecule has 1 aromatic rings. The molecule has 0 bridgehead atoms. The van der Waals surface area contributed by atoms with E-state index >= 15 is 0 Å². The monoisotopic (exact) mass is 229 g/mol. The van der Waals surface area contributed by atoms with Gasteiger partial charge in [0.25, 0.3) is 0 Å². The van der Waals surface area contributed by atoms with Crippen molar-refractivity contribution in [2.45, 2.75) is 19.0 Å². The summed E-state index contributed by atoms with van der Waals surface area (Å²) in [5, 5.41) is 3.04. The quantitative estimate of drug-likeness (QED) is 0.592. The minimum absolute atomic E-state index is 0.621. The van der Waals surface area contributed by atoms with Crippen LogP contribution in [0.3, 0.4) is 0 Å². The second-order valence-corrected chi connectivity index (χ2v) is 3.43. The van der Waals surface area contributed by atoms with E-state index in [1.807, 2.05) is 6.08 Å². The van der Waals surface area contributed by atoms with Gasteiger partial charge in [-0.15, -0.1) is 6.58 Å². The number of nitrogens with one attached hydrogen (secondary N) is 1. The molecule has 0 fully saturated rings. The smallest absolute Gasteiger partial charge is 0.385 e. The molecule has 1 aromatic carbocycles. The molecule has 0 unspecified atom stereocenters. The van der Waals surface area contributed by atoms with Crippen LogP contribution in [0.5, 0.6) is 0 Å². The van der Waals surface area contributed by atoms with Crippen molar-refractivity contribution >= 4 is 5.69 Å². The fourth-order valence-corrected chi connectivity index (χ4v) is 1.26. The summed E-state index contributed by atoms with van der Waals surface area (Å²) in [5.74, 6) is 0. The minimum atomic E-state index is -4.26. The second-order valence-electron chi connectivity index (χ2n) is 3.43. The molecule has 0 amide bonds. The number of hydrogen-bond donors (Lipinski definition) is 1. The van der Waals surface area contributed by atoms with E-state index in [4.69, 9.17) is 0 Å². The first-order valence-electron chi connectivity index (χ1n) is 5.06. The lowest BCUT2D eigenvalue weighted by atomic mass is 10.2. The lowest BCUT2D eigenvalue weighted by Gasteiger charge is -2.09. The van der Waals surface area contributed by atoms with Crippen LogP contribution < -0.4 is 5.32 Å². The van der Waals surface area contributed by atoms with Gasteiger partial charge in [-0.2, -0.15) is 13.2 Å². The standard InChI is InChI=1S/C12H14F3N/c1-2-3-4-9-16-11-7-5-10(6-8-11)12(13,14)15/h2,5-8,16H,1,3-4,9H2. The van der Waals surface area contributed by atoms with Gasteiger partial charge in [0.15, 0.2) is 0 Å². The average Bonchev–Trinajstić information content (AvgIpc) is 2.24. The number of benzene rings is 1. The SMILES string of the molecule is C=CCCCNc1ccc(C(F)(F)F)cc1. The van der Waals surface area contributed by atoms with Gasteiger partial charge in [-0.25, -0.2) is 0 Å². The zero-order valence-corrected chi connectivity index (χ0v) is 8.85. The van der Waals surface area contributed by atoms with Crippen LogP contribution in [0, 0.1) is 0 Å². The minimum Gasteiger partial charge on any atom is -0.385 e. The Labute approximate surface area is 93.0 Å². The maximum Gasteiger partial charge on any atom is 0.416 e. The van der Waals surface area contributed by atoms with Gasteiger partial charge in [-0.05, 0) is 37.1 Å². The fraction of sp³-hybridized carbons (Fsp3) is 0.333. The zero-order chi connectivity index (χ0) is 12.0. The molecule has 0 radical (unpaired) electrons. The summed E-state index contributed by atoms with van der Waals surface area (Å²) in [6, 6.07) is 5.04. The molecule has 0 aromatic heterocycles. The van der Waals surface area contributed by atoms with Gasteiger partial charge in [-0.3, -0.25) is 0 Å². The molecule has 88 valence electrons. The van der Waals surface area contributed by atoms with Crippen LogP contribution in [0.25, 0.3) is 0 Å². The molecule has 0 heterocycles. The molecule has 0 aliphatic carbocycles. The van der Waals surface area contributed by atoms with E-state index in [0.717, 1.165) is 31.5 Å². The summed E-state index contributed by atoms with van der Waals surface area (Å²) >= 11 is 0. The van der Waals surface area contributed by atoms with Gasteiger partial charge in [0.1, 0.15) is 0 Å². The predicted molar refractivity (Wildman–Crippen MR) is 59.4 cm³/mol. The molecule has 0 aliphatic heterocycles. The Morgan fingerprint density at radius 2 is 1.81 bits per heavy atom. The summed E-state index contributed by atoms with van der Waals surface area (Å²) in [6.45, 7) is 4.32. The summed E-state index contributed by atoms with van der Waals surface area (Å²) in [5.41, 5.74) is 0.0844. The number of hydrogen-bond acceptors (Lipinski definition) is 1. The van der Waals surface area contributed by atoms with Crippen molar-refractivity contribution in [1.29, 1.82) is 0 Å². The molecule has 1 rings (SSSR count). The van der Waals surface area contributed by atoms with Gasteiger partial charge in [0, 0.05) is 12.2 Å². The first-order chi connectivity index (χ1) is 7.54. The maximum absolute atomic E-state index is 12.2. The van der Waals surface area contributed by atoms with E-state index in [1.54, 1.807) is 0 Å². The van der Waals surface area contributed by atoms with E-state index in [-0.39, 0.29) is 0 Å². The number of halogens is 3. The third kappa shape index (κ3) is 3.96. The van der Waals surface area contributed by atoms with Crippen LogP contribution in [0.1, 0.15) is 18.4 Å². The largest absolute Gasteiger partial charge is 0.416 e. The van der Waals surface area contributed by atoms with Crippen molar-refractivity contribution in [2.75, 3.05) is 11.9 Å². The molecule has 0 saturated heterocycles. The Hall–Kier alpha value is -1.45.